The summed E-state index contributed by atoms with van der Waals surface area (Å²) in [6.45, 7) is 10.3. The Morgan fingerprint density at radius 1 is 1.00 bits per heavy atom. The SMILES string of the molecule is CC[C@H](NC(=O)COc1cc(C)ccc1C)c1ccc(C)c(C)c1. The zero-order valence-electron chi connectivity index (χ0n) is 15.3. The van der Waals surface area contributed by atoms with Crippen LogP contribution >= 0.6 is 0 Å². The molecule has 0 aliphatic carbocycles. The first-order chi connectivity index (χ1) is 11.4. The lowest BCUT2D eigenvalue weighted by Gasteiger charge is -2.19. The van der Waals surface area contributed by atoms with Gasteiger partial charge in [-0.05, 0) is 68.0 Å². The van der Waals surface area contributed by atoms with Crippen LogP contribution in [0.4, 0.5) is 0 Å². The van der Waals surface area contributed by atoms with E-state index in [-0.39, 0.29) is 18.6 Å². The highest BCUT2D eigenvalue weighted by atomic mass is 16.5. The molecule has 0 spiro atoms. The van der Waals surface area contributed by atoms with Gasteiger partial charge in [-0.25, -0.2) is 0 Å². The quantitative estimate of drug-likeness (QED) is 0.845. The maximum absolute atomic E-state index is 12.3. The van der Waals surface area contributed by atoms with Gasteiger partial charge in [0.25, 0.3) is 5.91 Å². The summed E-state index contributed by atoms with van der Waals surface area (Å²) in [4.78, 5) is 12.3. The molecule has 1 N–H and O–H groups in total. The summed E-state index contributed by atoms with van der Waals surface area (Å²) in [5, 5.41) is 3.07. The Bertz CT molecular complexity index is 722. The molecule has 3 heteroatoms. The molecule has 24 heavy (non-hydrogen) atoms. The van der Waals surface area contributed by atoms with Crippen molar-refractivity contribution in [3.63, 3.8) is 0 Å². The molecule has 128 valence electrons. The molecule has 0 aliphatic rings. The Labute approximate surface area is 145 Å². The first-order valence-electron chi connectivity index (χ1n) is 8.47. The molecule has 3 nitrogen and oxygen atoms in total. The predicted octanol–water partition coefficient (Wildman–Crippen LogP) is 4.57. The number of carbonyl (C=O) groups is 1. The summed E-state index contributed by atoms with van der Waals surface area (Å²) in [6, 6.07) is 12.4. The second-order valence-corrected chi connectivity index (χ2v) is 6.43. The number of amides is 1. The average molecular weight is 325 g/mol. The average Bonchev–Trinajstić information content (AvgIpc) is 2.56. The van der Waals surface area contributed by atoms with Gasteiger partial charge in [0.2, 0.25) is 0 Å². The fourth-order valence-corrected chi connectivity index (χ4v) is 2.64. The largest absolute Gasteiger partial charge is 0.483 e. The molecule has 0 heterocycles. The normalized spacial score (nSPS) is 11.9. The second kappa shape index (κ2) is 8.00. The number of rotatable bonds is 6. The first kappa shape index (κ1) is 18.1. The number of benzene rings is 2. The van der Waals surface area contributed by atoms with E-state index in [0.29, 0.717) is 0 Å². The van der Waals surface area contributed by atoms with Gasteiger partial charge in [0.05, 0.1) is 6.04 Å². The van der Waals surface area contributed by atoms with Gasteiger partial charge in [-0.1, -0.05) is 37.3 Å². The van der Waals surface area contributed by atoms with Gasteiger partial charge in [-0.3, -0.25) is 4.79 Å². The second-order valence-electron chi connectivity index (χ2n) is 6.43. The molecule has 2 rings (SSSR count). The zero-order valence-corrected chi connectivity index (χ0v) is 15.3. The molecule has 0 radical (unpaired) electrons. The Balaban J connectivity index is 1.99. The number of hydrogen-bond donors (Lipinski definition) is 1. The minimum absolute atomic E-state index is 0.0130. The van der Waals surface area contributed by atoms with Gasteiger partial charge >= 0.3 is 0 Å². The fraction of sp³-hybridized carbons (Fsp3) is 0.381. The number of nitrogens with one attached hydrogen (secondary N) is 1. The van der Waals surface area contributed by atoms with Crippen molar-refractivity contribution in [2.24, 2.45) is 0 Å². The summed E-state index contributed by atoms with van der Waals surface area (Å²) < 4.78 is 5.69. The van der Waals surface area contributed by atoms with Gasteiger partial charge < -0.3 is 10.1 Å². The monoisotopic (exact) mass is 325 g/mol. The third-order valence-electron chi connectivity index (χ3n) is 4.38. The number of carbonyl (C=O) groups excluding carboxylic acids is 1. The molecule has 0 bridgehead atoms. The maximum atomic E-state index is 12.3. The third kappa shape index (κ3) is 4.60. The van der Waals surface area contributed by atoms with Gasteiger partial charge in [0.1, 0.15) is 5.75 Å². The van der Waals surface area contributed by atoms with Gasteiger partial charge in [-0.15, -0.1) is 0 Å². The minimum Gasteiger partial charge on any atom is -0.483 e. The van der Waals surface area contributed by atoms with E-state index in [9.17, 15) is 4.79 Å². The molecule has 2 aromatic rings. The fourth-order valence-electron chi connectivity index (χ4n) is 2.64. The van der Waals surface area contributed by atoms with Gasteiger partial charge in [-0.2, -0.15) is 0 Å². The molecule has 0 aromatic heterocycles. The van der Waals surface area contributed by atoms with Crippen LogP contribution in [0.25, 0.3) is 0 Å². The van der Waals surface area contributed by atoms with Crippen molar-refractivity contribution in [1.29, 1.82) is 0 Å². The predicted molar refractivity (Wildman–Crippen MR) is 98.5 cm³/mol. The van der Waals surface area contributed by atoms with E-state index in [1.54, 1.807) is 0 Å². The molecular formula is C21H27NO2. The van der Waals surface area contributed by atoms with Crippen molar-refractivity contribution in [2.75, 3.05) is 6.61 Å². The molecule has 0 unspecified atom stereocenters. The van der Waals surface area contributed by atoms with Gasteiger partial charge in [0.15, 0.2) is 6.61 Å². The summed E-state index contributed by atoms with van der Waals surface area (Å²) >= 11 is 0. The lowest BCUT2D eigenvalue weighted by atomic mass is 9.99. The van der Waals surface area contributed by atoms with E-state index in [2.05, 4.69) is 44.3 Å². The van der Waals surface area contributed by atoms with Crippen LogP contribution in [-0.4, -0.2) is 12.5 Å². The summed E-state index contributed by atoms with van der Waals surface area (Å²) in [6.07, 6.45) is 0.845. The van der Waals surface area contributed by atoms with Crippen molar-refractivity contribution in [1.82, 2.24) is 5.32 Å². The van der Waals surface area contributed by atoms with Crippen LogP contribution in [0.1, 0.15) is 47.2 Å². The number of hydrogen-bond acceptors (Lipinski definition) is 2. The highest BCUT2D eigenvalue weighted by molar-refractivity contribution is 5.78. The Kier molecular flexibility index (Phi) is 6.02. The lowest BCUT2D eigenvalue weighted by Crippen LogP contribution is -2.32. The van der Waals surface area contributed by atoms with E-state index in [1.165, 1.54) is 11.1 Å². The molecule has 0 saturated carbocycles. The Morgan fingerprint density at radius 3 is 2.38 bits per heavy atom. The van der Waals surface area contributed by atoms with Crippen molar-refractivity contribution in [2.45, 2.75) is 47.1 Å². The number of aryl methyl sites for hydroxylation is 4. The van der Waals surface area contributed by atoms with Crippen molar-refractivity contribution in [3.8, 4) is 5.75 Å². The molecule has 1 amide bonds. The standard InChI is InChI=1S/C21H27NO2/c1-6-19(18-10-9-15(3)17(5)12-18)22-21(23)13-24-20-11-14(2)7-8-16(20)4/h7-12,19H,6,13H2,1-5H3,(H,22,23)/t19-/m0/s1. The van der Waals surface area contributed by atoms with Crippen LogP contribution in [0.15, 0.2) is 36.4 Å². The van der Waals surface area contributed by atoms with Gasteiger partial charge in [0, 0.05) is 0 Å². The van der Waals surface area contributed by atoms with E-state index in [4.69, 9.17) is 4.74 Å². The van der Waals surface area contributed by atoms with E-state index in [1.807, 2.05) is 32.0 Å². The van der Waals surface area contributed by atoms with E-state index < -0.39 is 0 Å². The maximum Gasteiger partial charge on any atom is 0.258 e. The van der Waals surface area contributed by atoms with Crippen molar-refractivity contribution in [3.05, 3.63) is 64.2 Å². The first-order valence-corrected chi connectivity index (χ1v) is 8.47. The summed E-state index contributed by atoms with van der Waals surface area (Å²) in [5.74, 6) is 0.672. The van der Waals surface area contributed by atoms with Crippen molar-refractivity contribution < 1.29 is 9.53 Å². The Hall–Kier alpha value is -2.29. The topological polar surface area (TPSA) is 38.3 Å². The van der Waals surface area contributed by atoms with Crippen LogP contribution < -0.4 is 10.1 Å². The minimum atomic E-state index is -0.0963. The molecule has 0 aliphatic heterocycles. The number of ether oxygens (including phenoxy) is 1. The zero-order chi connectivity index (χ0) is 17.7. The molecule has 0 saturated heterocycles. The highest BCUT2D eigenvalue weighted by Gasteiger charge is 2.14. The lowest BCUT2D eigenvalue weighted by molar-refractivity contribution is -0.123. The summed E-state index contributed by atoms with van der Waals surface area (Å²) in [7, 11) is 0. The molecule has 2 aromatic carbocycles. The van der Waals surface area contributed by atoms with Crippen LogP contribution in [-0.2, 0) is 4.79 Å². The van der Waals surface area contributed by atoms with E-state index in [0.717, 1.165) is 28.9 Å². The van der Waals surface area contributed by atoms with Crippen molar-refractivity contribution >= 4 is 5.91 Å². The van der Waals surface area contributed by atoms with Crippen LogP contribution in [0.5, 0.6) is 5.75 Å². The smallest absolute Gasteiger partial charge is 0.258 e. The van der Waals surface area contributed by atoms with Crippen LogP contribution in [0.2, 0.25) is 0 Å². The molecular weight excluding hydrogens is 298 g/mol. The van der Waals surface area contributed by atoms with Crippen LogP contribution in [0, 0.1) is 27.7 Å². The molecule has 1 atom stereocenters. The third-order valence-corrected chi connectivity index (χ3v) is 4.38. The summed E-state index contributed by atoms with van der Waals surface area (Å²) in [5.41, 5.74) is 5.80. The molecule has 0 fully saturated rings. The van der Waals surface area contributed by atoms with E-state index >= 15 is 0 Å². The highest BCUT2D eigenvalue weighted by Crippen LogP contribution is 2.21. The Morgan fingerprint density at radius 2 is 1.71 bits per heavy atom. The van der Waals surface area contributed by atoms with Crippen LogP contribution in [0.3, 0.4) is 0 Å².